The monoisotopic (exact) mass is 197 g/mol. The summed E-state index contributed by atoms with van der Waals surface area (Å²) in [5, 5.41) is 4.18. The van der Waals surface area contributed by atoms with E-state index in [-0.39, 0.29) is 18.4 Å². The Labute approximate surface area is 82.8 Å². The average molecular weight is 197 g/mol. The number of aromatic nitrogens is 2. The Bertz CT molecular complexity index is 313. The molecule has 5 heteroatoms. The first-order valence-electron chi connectivity index (χ1n) is 4.37. The lowest BCUT2D eigenvalue weighted by Gasteiger charge is -2.05. The number of ether oxygens (including phenoxy) is 1. The Hall–Kier alpha value is -1.36. The van der Waals surface area contributed by atoms with Gasteiger partial charge in [-0.05, 0) is 13.0 Å². The lowest BCUT2D eigenvalue weighted by atomic mass is 10.1. The van der Waals surface area contributed by atoms with E-state index in [0.717, 1.165) is 11.4 Å². The van der Waals surface area contributed by atoms with Crippen molar-refractivity contribution in [3.05, 3.63) is 17.5 Å². The fourth-order valence-corrected chi connectivity index (χ4v) is 1.14. The number of nitrogens with two attached hydrogens (primary N) is 1. The summed E-state index contributed by atoms with van der Waals surface area (Å²) < 4.78 is 6.25. The molecule has 0 radical (unpaired) electrons. The van der Waals surface area contributed by atoms with Crippen LogP contribution in [-0.4, -0.2) is 22.9 Å². The fourth-order valence-electron chi connectivity index (χ4n) is 1.14. The van der Waals surface area contributed by atoms with Crippen LogP contribution in [0, 0.1) is 6.92 Å². The van der Waals surface area contributed by atoms with E-state index in [1.165, 1.54) is 7.11 Å². The van der Waals surface area contributed by atoms with Gasteiger partial charge in [0.05, 0.1) is 25.3 Å². The molecule has 0 fully saturated rings. The number of rotatable bonds is 3. The van der Waals surface area contributed by atoms with Gasteiger partial charge in [0.25, 0.3) is 0 Å². The third-order valence-electron chi connectivity index (χ3n) is 2.13. The molecular weight excluding hydrogens is 182 g/mol. The van der Waals surface area contributed by atoms with Gasteiger partial charge in [-0.1, -0.05) is 0 Å². The van der Waals surface area contributed by atoms with Crippen molar-refractivity contribution in [1.29, 1.82) is 0 Å². The van der Waals surface area contributed by atoms with Crippen LogP contribution in [0.5, 0.6) is 0 Å². The van der Waals surface area contributed by atoms with Crippen LogP contribution in [0.1, 0.15) is 23.9 Å². The molecule has 1 rings (SSSR count). The van der Waals surface area contributed by atoms with Crippen LogP contribution in [0.15, 0.2) is 6.07 Å². The van der Waals surface area contributed by atoms with E-state index < -0.39 is 0 Å². The molecule has 1 aromatic rings. The van der Waals surface area contributed by atoms with Crippen molar-refractivity contribution in [3.8, 4) is 0 Å². The maximum absolute atomic E-state index is 11.0. The normalized spacial score (nSPS) is 12.6. The molecular formula is C9H15N3O2. The van der Waals surface area contributed by atoms with Crippen LogP contribution in [0.25, 0.3) is 0 Å². The van der Waals surface area contributed by atoms with Gasteiger partial charge in [-0.25, -0.2) is 0 Å². The van der Waals surface area contributed by atoms with Crippen LogP contribution in [0.4, 0.5) is 0 Å². The molecule has 0 unspecified atom stereocenters. The summed E-state index contributed by atoms with van der Waals surface area (Å²) >= 11 is 0. The summed E-state index contributed by atoms with van der Waals surface area (Å²) in [6.45, 7) is 1.93. The minimum absolute atomic E-state index is 0.160. The smallest absolute Gasteiger partial charge is 0.307 e. The second kappa shape index (κ2) is 4.23. The van der Waals surface area contributed by atoms with Crippen LogP contribution in [-0.2, 0) is 16.6 Å². The molecule has 1 heterocycles. The van der Waals surface area contributed by atoms with Gasteiger partial charge in [-0.15, -0.1) is 0 Å². The second-order valence-corrected chi connectivity index (χ2v) is 3.22. The van der Waals surface area contributed by atoms with Gasteiger partial charge in [-0.2, -0.15) is 5.10 Å². The number of carbonyl (C=O) groups excluding carboxylic acids is 1. The van der Waals surface area contributed by atoms with Gasteiger partial charge in [-0.3, -0.25) is 9.48 Å². The highest BCUT2D eigenvalue weighted by Gasteiger charge is 2.15. The van der Waals surface area contributed by atoms with E-state index in [1.54, 1.807) is 4.68 Å². The molecule has 0 aromatic carbocycles. The van der Waals surface area contributed by atoms with Gasteiger partial charge >= 0.3 is 5.97 Å². The van der Waals surface area contributed by atoms with Crippen LogP contribution in [0.2, 0.25) is 0 Å². The van der Waals surface area contributed by atoms with Crippen molar-refractivity contribution in [2.24, 2.45) is 12.8 Å². The highest BCUT2D eigenvalue weighted by molar-refractivity contribution is 5.70. The van der Waals surface area contributed by atoms with E-state index in [1.807, 2.05) is 20.0 Å². The number of esters is 1. The van der Waals surface area contributed by atoms with Crippen LogP contribution in [0.3, 0.4) is 0 Å². The highest BCUT2D eigenvalue weighted by atomic mass is 16.5. The Morgan fingerprint density at radius 2 is 2.43 bits per heavy atom. The van der Waals surface area contributed by atoms with Gasteiger partial charge < -0.3 is 10.5 Å². The first kappa shape index (κ1) is 10.7. The van der Waals surface area contributed by atoms with Crippen molar-refractivity contribution in [2.45, 2.75) is 19.4 Å². The quantitative estimate of drug-likeness (QED) is 0.707. The Balaban J connectivity index is 2.69. The average Bonchev–Trinajstić information content (AvgIpc) is 2.47. The summed E-state index contributed by atoms with van der Waals surface area (Å²) in [5.74, 6) is -0.319. The van der Waals surface area contributed by atoms with Crippen molar-refractivity contribution >= 4 is 5.97 Å². The minimum atomic E-state index is -0.387. The van der Waals surface area contributed by atoms with Crippen molar-refractivity contribution in [3.63, 3.8) is 0 Å². The second-order valence-electron chi connectivity index (χ2n) is 3.22. The summed E-state index contributed by atoms with van der Waals surface area (Å²) in [6.07, 6.45) is 0.160. The number of nitrogens with zero attached hydrogens (tertiary/aromatic N) is 2. The fraction of sp³-hybridized carbons (Fsp3) is 0.556. The molecule has 78 valence electrons. The number of methoxy groups -OCH3 is 1. The van der Waals surface area contributed by atoms with Crippen molar-refractivity contribution in [1.82, 2.24) is 9.78 Å². The largest absolute Gasteiger partial charge is 0.469 e. The predicted molar refractivity (Wildman–Crippen MR) is 51.5 cm³/mol. The standard InChI is InChI=1S/C9H15N3O2/c1-6-4-8(11-12(6)2)7(10)5-9(13)14-3/h4,7H,5,10H2,1-3H3/t7-/m1/s1. The molecule has 1 aromatic heterocycles. The Morgan fingerprint density at radius 3 is 2.86 bits per heavy atom. The molecule has 0 aliphatic rings. The van der Waals surface area contributed by atoms with Gasteiger partial charge in [0, 0.05) is 12.7 Å². The first-order chi connectivity index (χ1) is 6.54. The van der Waals surface area contributed by atoms with E-state index in [0.29, 0.717) is 0 Å². The predicted octanol–water partition coefficient (Wildman–Crippen LogP) is 0.291. The van der Waals surface area contributed by atoms with E-state index in [9.17, 15) is 4.79 Å². The topological polar surface area (TPSA) is 70.1 Å². The van der Waals surface area contributed by atoms with E-state index in [4.69, 9.17) is 5.73 Å². The SMILES string of the molecule is COC(=O)C[C@@H](N)c1cc(C)n(C)n1. The molecule has 0 saturated carbocycles. The first-order valence-corrected chi connectivity index (χ1v) is 4.37. The highest BCUT2D eigenvalue weighted by Crippen LogP contribution is 2.13. The van der Waals surface area contributed by atoms with Gasteiger partial charge in [0.15, 0.2) is 0 Å². The minimum Gasteiger partial charge on any atom is -0.469 e. The van der Waals surface area contributed by atoms with Crippen LogP contribution < -0.4 is 5.73 Å². The van der Waals surface area contributed by atoms with E-state index in [2.05, 4.69) is 9.84 Å². The summed E-state index contributed by atoms with van der Waals surface area (Å²) in [6, 6.07) is 1.48. The zero-order valence-corrected chi connectivity index (χ0v) is 8.65. The summed E-state index contributed by atoms with van der Waals surface area (Å²) in [7, 11) is 3.18. The van der Waals surface area contributed by atoms with Gasteiger partial charge in [0.2, 0.25) is 0 Å². The molecule has 0 bridgehead atoms. The molecule has 0 saturated heterocycles. The molecule has 5 nitrogen and oxygen atoms in total. The Kier molecular flexibility index (Phi) is 3.24. The zero-order valence-electron chi connectivity index (χ0n) is 8.65. The maximum atomic E-state index is 11.0. The lowest BCUT2D eigenvalue weighted by molar-refractivity contribution is -0.141. The third-order valence-corrected chi connectivity index (χ3v) is 2.13. The van der Waals surface area contributed by atoms with Crippen molar-refractivity contribution in [2.75, 3.05) is 7.11 Å². The molecule has 14 heavy (non-hydrogen) atoms. The molecule has 1 atom stereocenters. The number of hydrogen-bond donors (Lipinski definition) is 1. The molecule has 0 spiro atoms. The molecule has 2 N–H and O–H groups in total. The lowest BCUT2D eigenvalue weighted by Crippen LogP contribution is -2.17. The molecule has 0 aliphatic carbocycles. The maximum Gasteiger partial charge on any atom is 0.307 e. The number of aryl methyl sites for hydroxylation is 2. The summed E-state index contributed by atoms with van der Waals surface area (Å²) in [5.41, 5.74) is 7.51. The molecule has 0 amide bonds. The Morgan fingerprint density at radius 1 is 1.79 bits per heavy atom. The van der Waals surface area contributed by atoms with E-state index >= 15 is 0 Å². The third kappa shape index (κ3) is 2.32. The number of hydrogen-bond acceptors (Lipinski definition) is 4. The summed E-state index contributed by atoms with van der Waals surface area (Å²) in [4.78, 5) is 11.0. The number of carbonyl (C=O) groups is 1. The molecule has 0 aliphatic heterocycles. The zero-order chi connectivity index (χ0) is 10.7. The van der Waals surface area contributed by atoms with Crippen molar-refractivity contribution < 1.29 is 9.53 Å². The van der Waals surface area contributed by atoms with Crippen LogP contribution >= 0.6 is 0 Å². The van der Waals surface area contributed by atoms with Gasteiger partial charge in [0.1, 0.15) is 0 Å².